The third-order valence-corrected chi connectivity index (χ3v) is 7.88. The number of carboxylic acid groups (broad SMARTS) is 2. The summed E-state index contributed by atoms with van der Waals surface area (Å²) in [5.74, 6) is -2.29. The molecule has 0 spiro atoms. The van der Waals surface area contributed by atoms with Crippen LogP contribution in [0, 0.1) is 11.8 Å². The summed E-state index contributed by atoms with van der Waals surface area (Å²) < 4.78 is 0. The molecule has 114 valence electrons. The molecular formula is C14H21O4S2-. The SMILES string of the molecule is O=C([O-])C1CCCCC1SSC1CCCCC1C(=O)O. The Bertz CT molecular complexity index is 327. The van der Waals surface area contributed by atoms with E-state index in [-0.39, 0.29) is 22.3 Å². The fourth-order valence-corrected chi connectivity index (χ4v) is 6.94. The van der Waals surface area contributed by atoms with Crippen LogP contribution in [0.4, 0.5) is 0 Å². The van der Waals surface area contributed by atoms with Gasteiger partial charge in [0, 0.05) is 22.4 Å². The van der Waals surface area contributed by atoms with Crippen molar-refractivity contribution in [3.05, 3.63) is 0 Å². The van der Waals surface area contributed by atoms with Crippen LogP contribution in [0.25, 0.3) is 0 Å². The van der Waals surface area contributed by atoms with Crippen LogP contribution in [0.15, 0.2) is 0 Å². The molecule has 0 aromatic heterocycles. The first-order chi connectivity index (χ1) is 9.59. The maximum atomic E-state index is 11.3. The average molecular weight is 317 g/mol. The van der Waals surface area contributed by atoms with Gasteiger partial charge < -0.3 is 15.0 Å². The minimum absolute atomic E-state index is 0.0788. The van der Waals surface area contributed by atoms with Crippen molar-refractivity contribution in [2.75, 3.05) is 0 Å². The van der Waals surface area contributed by atoms with Crippen LogP contribution in [0.2, 0.25) is 0 Å². The zero-order valence-corrected chi connectivity index (χ0v) is 13.1. The molecule has 2 aliphatic rings. The van der Waals surface area contributed by atoms with E-state index in [1.807, 2.05) is 0 Å². The van der Waals surface area contributed by atoms with Crippen LogP contribution in [0.1, 0.15) is 51.4 Å². The van der Waals surface area contributed by atoms with E-state index in [0.29, 0.717) is 6.42 Å². The highest BCUT2D eigenvalue weighted by atomic mass is 33.1. The summed E-state index contributed by atoms with van der Waals surface area (Å²) in [6.45, 7) is 0. The molecule has 0 saturated heterocycles. The Hall–Kier alpha value is -0.360. The van der Waals surface area contributed by atoms with Crippen LogP contribution in [-0.2, 0) is 9.59 Å². The molecule has 4 unspecified atom stereocenters. The third kappa shape index (κ3) is 4.07. The number of hydrogen-bond acceptors (Lipinski definition) is 5. The molecule has 2 fully saturated rings. The molecule has 1 N–H and O–H groups in total. The number of rotatable bonds is 5. The number of carboxylic acids is 2. The van der Waals surface area contributed by atoms with Crippen LogP contribution in [0.5, 0.6) is 0 Å². The summed E-state index contributed by atoms with van der Waals surface area (Å²) in [6, 6.07) is 0. The van der Waals surface area contributed by atoms with Crippen molar-refractivity contribution in [1.82, 2.24) is 0 Å². The number of carbonyl (C=O) groups excluding carboxylic acids is 1. The van der Waals surface area contributed by atoms with Crippen molar-refractivity contribution in [2.45, 2.75) is 61.9 Å². The molecule has 0 bridgehead atoms. The van der Waals surface area contributed by atoms with Gasteiger partial charge in [0.15, 0.2) is 0 Å². The van der Waals surface area contributed by atoms with E-state index in [9.17, 15) is 19.8 Å². The zero-order chi connectivity index (χ0) is 14.5. The van der Waals surface area contributed by atoms with Crippen LogP contribution in [-0.4, -0.2) is 27.5 Å². The summed E-state index contributed by atoms with van der Waals surface area (Å²) in [4.78, 5) is 22.4. The van der Waals surface area contributed by atoms with Crippen LogP contribution >= 0.6 is 21.6 Å². The molecule has 0 amide bonds. The molecule has 0 aliphatic heterocycles. The summed E-state index contributed by atoms with van der Waals surface area (Å²) >= 11 is 0. The van der Waals surface area contributed by atoms with Gasteiger partial charge in [-0.3, -0.25) is 4.79 Å². The van der Waals surface area contributed by atoms with Crippen molar-refractivity contribution in [3.8, 4) is 0 Å². The maximum absolute atomic E-state index is 11.3. The second kappa shape index (κ2) is 7.59. The lowest BCUT2D eigenvalue weighted by molar-refractivity contribution is -0.312. The monoisotopic (exact) mass is 317 g/mol. The summed E-state index contributed by atoms with van der Waals surface area (Å²) in [6.07, 6.45) is 7.38. The fourth-order valence-electron chi connectivity index (χ4n) is 3.12. The van der Waals surface area contributed by atoms with E-state index in [1.54, 1.807) is 21.6 Å². The Morgan fingerprint density at radius 3 is 1.80 bits per heavy atom. The normalized spacial score (nSPS) is 34.6. The van der Waals surface area contributed by atoms with E-state index >= 15 is 0 Å². The quantitative estimate of drug-likeness (QED) is 0.784. The lowest BCUT2D eigenvalue weighted by Crippen LogP contribution is -2.39. The van der Waals surface area contributed by atoms with Gasteiger partial charge in [-0.1, -0.05) is 47.3 Å². The number of hydrogen-bond donors (Lipinski definition) is 1. The molecule has 4 nitrogen and oxygen atoms in total. The summed E-state index contributed by atoms with van der Waals surface area (Å²) in [7, 11) is 3.20. The molecule has 6 heteroatoms. The lowest BCUT2D eigenvalue weighted by Gasteiger charge is -2.34. The fraction of sp³-hybridized carbons (Fsp3) is 0.857. The summed E-state index contributed by atoms with van der Waals surface area (Å²) in [5.41, 5.74) is 0. The molecule has 0 aromatic rings. The molecule has 0 heterocycles. The molecule has 2 rings (SSSR count). The predicted octanol–water partition coefficient (Wildman–Crippen LogP) is 2.32. The molecular weight excluding hydrogens is 296 g/mol. The highest BCUT2D eigenvalue weighted by Crippen LogP contribution is 2.46. The molecule has 2 saturated carbocycles. The van der Waals surface area contributed by atoms with Crippen molar-refractivity contribution in [3.63, 3.8) is 0 Å². The number of aliphatic carboxylic acids is 2. The Kier molecular flexibility index (Phi) is 6.08. The molecule has 4 atom stereocenters. The highest BCUT2D eigenvalue weighted by Gasteiger charge is 2.34. The van der Waals surface area contributed by atoms with Gasteiger partial charge in [-0.15, -0.1) is 0 Å². The van der Waals surface area contributed by atoms with Crippen molar-refractivity contribution in [2.24, 2.45) is 11.8 Å². The van der Waals surface area contributed by atoms with Crippen molar-refractivity contribution in [1.29, 1.82) is 0 Å². The minimum atomic E-state index is -0.943. The van der Waals surface area contributed by atoms with Crippen molar-refractivity contribution < 1.29 is 19.8 Å². The van der Waals surface area contributed by atoms with E-state index in [4.69, 9.17) is 0 Å². The predicted molar refractivity (Wildman–Crippen MR) is 79.3 cm³/mol. The van der Waals surface area contributed by atoms with Gasteiger partial charge in [-0.25, -0.2) is 0 Å². The zero-order valence-electron chi connectivity index (χ0n) is 11.5. The number of carbonyl (C=O) groups is 2. The topological polar surface area (TPSA) is 77.4 Å². The first-order valence-corrected chi connectivity index (χ1v) is 9.63. The van der Waals surface area contributed by atoms with Gasteiger partial charge in [-0.05, 0) is 25.7 Å². The van der Waals surface area contributed by atoms with Gasteiger partial charge in [-0.2, -0.15) is 0 Å². The van der Waals surface area contributed by atoms with E-state index in [2.05, 4.69) is 0 Å². The second-order valence-electron chi connectivity index (χ2n) is 5.71. The maximum Gasteiger partial charge on any atom is 0.307 e. The first kappa shape index (κ1) is 16.0. The van der Waals surface area contributed by atoms with E-state index in [0.717, 1.165) is 44.9 Å². The largest absolute Gasteiger partial charge is 0.550 e. The minimum Gasteiger partial charge on any atom is -0.550 e. The Labute approximate surface area is 127 Å². The van der Waals surface area contributed by atoms with Crippen LogP contribution < -0.4 is 5.11 Å². The third-order valence-electron chi connectivity index (χ3n) is 4.33. The standard InChI is InChI=1S/C14H22O4S2/c15-13(16)9-5-1-3-7-11(9)19-20-12-8-4-2-6-10(12)14(17)18/h9-12H,1-8H2,(H,15,16)(H,17,18)/p-1. The van der Waals surface area contributed by atoms with Gasteiger partial charge in [0.1, 0.15) is 0 Å². The Morgan fingerprint density at radius 1 is 0.850 bits per heavy atom. The first-order valence-electron chi connectivity index (χ1n) is 7.35. The molecule has 0 aromatic carbocycles. The summed E-state index contributed by atoms with van der Waals surface area (Å²) in [5, 5.41) is 20.6. The van der Waals surface area contributed by atoms with Gasteiger partial charge >= 0.3 is 5.97 Å². The average Bonchev–Trinajstić information content (AvgIpc) is 2.45. The van der Waals surface area contributed by atoms with E-state index < -0.39 is 11.9 Å². The molecule has 2 aliphatic carbocycles. The Morgan fingerprint density at radius 2 is 1.30 bits per heavy atom. The highest BCUT2D eigenvalue weighted by molar-refractivity contribution is 8.77. The van der Waals surface area contributed by atoms with Crippen molar-refractivity contribution >= 4 is 33.5 Å². The van der Waals surface area contributed by atoms with E-state index in [1.165, 1.54) is 0 Å². The molecule has 20 heavy (non-hydrogen) atoms. The lowest BCUT2D eigenvalue weighted by atomic mass is 9.89. The molecule has 0 radical (unpaired) electrons. The second-order valence-corrected chi connectivity index (χ2v) is 8.46. The Balaban J connectivity index is 1.88. The smallest absolute Gasteiger partial charge is 0.307 e. The van der Waals surface area contributed by atoms with Gasteiger partial charge in [0.05, 0.1) is 5.92 Å². The van der Waals surface area contributed by atoms with Gasteiger partial charge in [0.25, 0.3) is 0 Å². The van der Waals surface area contributed by atoms with Crippen LogP contribution in [0.3, 0.4) is 0 Å². The van der Waals surface area contributed by atoms with Gasteiger partial charge in [0.2, 0.25) is 0 Å².